The van der Waals surface area contributed by atoms with Crippen molar-refractivity contribution in [2.24, 2.45) is 5.92 Å². The normalized spacial score (nSPS) is 17.0. The number of carbonyl (C=O) groups is 2. The lowest BCUT2D eigenvalue weighted by atomic mass is 9.97. The third kappa shape index (κ3) is 4.77. The Balaban J connectivity index is 2.07. The summed E-state index contributed by atoms with van der Waals surface area (Å²) in [4.78, 5) is 24.3. The second-order valence-electron chi connectivity index (χ2n) is 5.80. The van der Waals surface area contributed by atoms with Crippen LogP contribution in [-0.2, 0) is 4.79 Å². The maximum Gasteiger partial charge on any atom is 0.412 e. The van der Waals surface area contributed by atoms with E-state index in [0.29, 0.717) is 5.75 Å². The van der Waals surface area contributed by atoms with Crippen molar-refractivity contribution < 1.29 is 32.6 Å². The Morgan fingerprint density at radius 1 is 1.24 bits per heavy atom. The number of hydrogen-bond acceptors (Lipinski definition) is 3. The zero-order chi connectivity index (χ0) is 18.6. The van der Waals surface area contributed by atoms with Gasteiger partial charge >= 0.3 is 18.2 Å². The minimum absolute atomic E-state index is 0.107. The quantitative estimate of drug-likeness (QED) is 0.865. The van der Waals surface area contributed by atoms with E-state index in [1.54, 1.807) is 0 Å². The van der Waals surface area contributed by atoms with Crippen LogP contribution in [0.5, 0.6) is 5.75 Å². The van der Waals surface area contributed by atoms with Crippen molar-refractivity contribution in [2.75, 3.05) is 20.2 Å². The summed E-state index contributed by atoms with van der Waals surface area (Å²) in [5.74, 6) is -1.11. The molecule has 1 aromatic rings. The maximum atomic E-state index is 13.3. The number of carboxylic acid groups (broad SMARTS) is 1. The largest absolute Gasteiger partial charge is 0.497 e. The molecule has 1 heterocycles. The Labute approximate surface area is 142 Å². The topological polar surface area (TPSA) is 78.9 Å². The van der Waals surface area contributed by atoms with E-state index < -0.39 is 30.1 Å². The van der Waals surface area contributed by atoms with Crippen molar-refractivity contribution in [2.45, 2.75) is 25.1 Å². The van der Waals surface area contributed by atoms with Crippen LogP contribution in [0.4, 0.5) is 18.0 Å². The number of halogens is 3. The molecule has 2 amide bonds. The molecular weight excluding hydrogens is 341 g/mol. The molecule has 1 aromatic carbocycles. The molecule has 0 radical (unpaired) electrons. The van der Waals surface area contributed by atoms with E-state index in [4.69, 9.17) is 9.84 Å². The van der Waals surface area contributed by atoms with Gasteiger partial charge in [0.25, 0.3) is 0 Å². The van der Waals surface area contributed by atoms with Gasteiger partial charge < -0.3 is 20.1 Å². The number of nitrogens with one attached hydrogen (secondary N) is 1. The third-order valence-electron chi connectivity index (χ3n) is 4.18. The predicted octanol–water partition coefficient (Wildman–Crippen LogP) is 2.80. The van der Waals surface area contributed by atoms with Crippen LogP contribution in [0.3, 0.4) is 0 Å². The number of rotatable bonds is 4. The van der Waals surface area contributed by atoms with Crippen LogP contribution in [-0.4, -0.2) is 48.4 Å². The van der Waals surface area contributed by atoms with E-state index in [2.05, 4.69) is 0 Å². The fourth-order valence-corrected chi connectivity index (χ4v) is 2.69. The SMILES string of the molecule is COc1ccc(C(NC(=O)N2CCC(C(=O)O)CC2)C(F)(F)F)cc1. The lowest BCUT2D eigenvalue weighted by molar-refractivity contribution is -0.155. The summed E-state index contributed by atoms with van der Waals surface area (Å²) in [6.07, 6.45) is -4.21. The molecule has 1 atom stereocenters. The first kappa shape index (κ1) is 18.9. The highest BCUT2D eigenvalue weighted by Crippen LogP contribution is 2.33. The van der Waals surface area contributed by atoms with Gasteiger partial charge in [-0.05, 0) is 30.5 Å². The number of benzene rings is 1. The Bertz CT molecular complexity index is 611. The average molecular weight is 360 g/mol. The molecular formula is C16H19F3N2O4. The van der Waals surface area contributed by atoms with Crippen LogP contribution < -0.4 is 10.1 Å². The van der Waals surface area contributed by atoms with Gasteiger partial charge in [0.15, 0.2) is 6.04 Å². The minimum Gasteiger partial charge on any atom is -0.497 e. The van der Waals surface area contributed by atoms with E-state index in [-0.39, 0.29) is 31.5 Å². The maximum absolute atomic E-state index is 13.3. The Kier molecular flexibility index (Phi) is 5.76. The lowest BCUT2D eigenvalue weighted by Crippen LogP contribution is -2.49. The molecule has 1 aliphatic rings. The zero-order valence-corrected chi connectivity index (χ0v) is 13.5. The molecule has 0 saturated carbocycles. The predicted molar refractivity (Wildman–Crippen MR) is 82.3 cm³/mol. The Morgan fingerprint density at radius 3 is 2.24 bits per heavy atom. The average Bonchev–Trinajstić information content (AvgIpc) is 2.58. The molecule has 25 heavy (non-hydrogen) atoms. The molecule has 9 heteroatoms. The van der Waals surface area contributed by atoms with Crippen LogP contribution in [0.2, 0.25) is 0 Å². The first-order valence-corrected chi connectivity index (χ1v) is 7.71. The third-order valence-corrected chi connectivity index (χ3v) is 4.18. The summed E-state index contributed by atoms with van der Waals surface area (Å²) in [6, 6.07) is 2.25. The number of urea groups is 1. The highest BCUT2D eigenvalue weighted by molar-refractivity contribution is 5.76. The van der Waals surface area contributed by atoms with E-state index in [1.165, 1.54) is 36.3 Å². The molecule has 0 spiro atoms. The van der Waals surface area contributed by atoms with Crippen LogP contribution >= 0.6 is 0 Å². The van der Waals surface area contributed by atoms with Crippen molar-refractivity contribution in [1.29, 1.82) is 0 Å². The van der Waals surface area contributed by atoms with Gasteiger partial charge in [-0.15, -0.1) is 0 Å². The zero-order valence-electron chi connectivity index (χ0n) is 13.5. The van der Waals surface area contributed by atoms with Gasteiger partial charge in [-0.2, -0.15) is 13.2 Å². The monoisotopic (exact) mass is 360 g/mol. The summed E-state index contributed by atoms with van der Waals surface area (Å²) in [5.41, 5.74) is -0.109. The number of carboxylic acids is 1. The van der Waals surface area contributed by atoms with Crippen molar-refractivity contribution in [3.8, 4) is 5.75 Å². The molecule has 0 aliphatic carbocycles. The number of aliphatic carboxylic acids is 1. The molecule has 6 nitrogen and oxygen atoms in total. The van der Waals surface area contributed by atoms with E-state index >= 15 is 0 Å². The smallest absolute Gasteiger partial charge is 0.412 e. The molecule has 0 aromatic heterocycles. The van der Waals surface area contributed by atoms with E-state index in [0.717, 1.165) is 0 Å². The van der Waals surface area contributed by atoms with Gasteiger partial charge in [0.05, 0.1) is 13.0 Å². The molecule has 2 N–H and O–H groups in total. The summed E-state index contributed by atoms with van der Waals surface area (Å²) >= 11 is 0. The first-order valence-electron chi connectivity index (χ1n) is 7.71. The molecule has 138 valence electrons. The van der Waals surface area contributed by atoms with Gasteiger partial charge in [0, 0.05) is 13.1 Å². The van der Waals surface area contributed by atoms with E-state index in [9.17, 15) is 22.8 Å². The molecule has 1 aliphatic heterocycles. The van der Waals surface area contributed by atoms with Gasteiger partial charge in [-0.25, -0.2) is 4.79 Å². The van der Waals surface area contributed by atoms with Crippen molar-refractivity contribution in [3.05, 3.63) is 29.8 Å². The molecule has 1 saturated heterocycles. The molecule has 0 bridgehead atoms. The van der Waals surface area contributed by atoms with Crippen LogP contribution in [0.25, 0.3) is 0 Å². The van der Waals surface area contributed by atoms with Crippen molar-refractivity contribution >= 4 is 12.0 Å². The molecule has 1 fully saturated rings. The second-order valence-corrected chi connectivity index (χ2v) is 5.80. The van der Waals surface area contributed by atoms with Crippen LogP contribution in [0.15, 0.2) is 24.3 Å². The Hall–Kier alpha value is -2.45. The van der Waals surface area contributed by atoms with Gasteiger partial charge in [-0.3, -0.25) is 4.79 Å². The fraction of sp³-hybridized carbons (Fsp3) is 0.500. The Morgan fingerprint density at radius 2 is 1.80 bits per heavy atom. The number of amides is 2. The summed E-state index contributed by atoms with van der Waals surface area (Å²) in [6.45, 7) is 0.214. The van der Waals surface area contributed by atoms with Gasteiger partial charge in [0.2, 0.25) is 0 Å². The van der Waals surface area contributed by atoms with Crippen LogP contribution in [0.1, 0.15) is 24.4 Å². The second kappa shape index (κ2) is 7.62. The number of carbonyl (C=O) groups excluding carboxylic acids is 1. The molecule has 2 rings (SSSR count). The van der Waals surface area contributed by atoms with Crippen molar-refractivity contribution in [3.63, 3.8) is 0 Å². The first-order chi connectivity index (χ1) is 11.7. The van der Waals surface area contributed by atoms with Gasteiger partial charge in [0.1, 0.15) is 5.75 Å². The van der Waals surface area contributed by atoms with Gasteiger partial charge in [-0.1, -0.05) is 12.1 Å². The lowest BCUT2D eigenvalue weighted by Gasteiger charge is -2.32. The number of hydrogen-bond donors (Lipinski definition) is 2. The minimum atomic E-state index is -4.66. The standard InChI is InChI=1S/C16H19F3N2O4/c1-25-12-4-2-10(3-5-12)13(16(17,18)19)20-15(24)21-8-6-11(7-9-21)14(22)23/h2-5,11,13H,6-9H2,1H3,(H,20,24)(H,22,23). The van der Waals surface area contributed by atoms with E-state index in [1.807, 2.05) is 5.32 Å². The van der Waals surface area contributed by atoms with Crippen molar-refractivity contribution in [1.82, 2.24) is 10.2 Å². The number of ether oxygens (including phenoxy) is 1. The summed E-state index contributed by atoms with van der Waals surface area (Å²) in [5, 5.41) is 10.9. The summed E-state index contributed by atoms with van der Waals surface area (Å²) in [7, 11) is 1.40. The fourth-order valence-electron chi connectivity index (χ4n) is 2.69. The number of nitrogens with zero attached hydrogens (tertiary/aromatic N) is 1. The number of likely N-dealkylation sites (tertiary alicyclic amines) is 1. The number of alkyl halides is 3. The highest BCUT2D eigenvalue weighted by Gasteiger charge is 2.42. The summed E-state index contributed by atoms with van der Waals surface area (Å²) < 4.78 is 44.9. The number of methoxy groups -OCH3 is 1. The van der Waals surface area contributed by atoms with Crippen LogP contribution in [0, 0.1) is 5.92 Å². The number of piperidine rings is 1. The highest BCUT2D eigenvalue weighted by atomic mass is 19.4. The molecule has 1 unspecified atom stereocenters.